The van der Waals surface area contributed by atoms with Gasteiger partial charge in [-0.2, -0.15) is 4.98 Å². The van der Waals surface area contributed by atoms with Crippen molar-refractivity contribution < 1.29 is 13.8 Å². The molecule has 3 heterocycles. The van der Waals surface area contributed by atoms with Gasteiger partial charge in [0.1, 0.15) is 11.6 Å². The van der Waals surface area contributed by atoms with E-state index in [-0.39, 0.29) is 24.2 Å². The summed E-state index contributed by atoms with van der Waals surface area (Å²) in [7, 11) is 0. The largest absolute Gasteiger partial charge is 0.386 e. The van der Waals surface area contributed by atoms with E-state index in [0.29, 0.717) is 17.3 Å². The molecule has 1 fully saturated rings. The van der Waals surface area contributed by atoms with Crippen molar-refractivity contribution in [2.24, 2.45) is 10.9 Å². The monoisotopic (exact) mass is 439 g/mol. The molecule has 2 N–H and O–H groups in total. The van der Waals surface area contributed by atoms with Crippen molar-refractivity contribution in [3.8, 4) is 0 Å². The summed E-state index contributed by atoms with van der Waals surface area (Å²) in [6.45, 7) is 7.31. The molecule has 9 nitrogen and oxygen atoms in total. The molecule has 0 atom stereocenters. The second kappa shape index (κ2) is 9.63. The van der Waals surface area contributed by atoms with Gasteiger partial charge in [-0.1, -0.05) is 24.2 Å². The third-order valence-electron chi connectivity index (χ3n) is 5.17. The lowest BCUT2D eigenvalue weighted by Crippen LogP contribution is -2.46. The van der Waals surface area contributed by atoms with Crippen LogP contribution in [-0.2, 0) is 11.4 Å². The van der Waals surface area contributed by atoms with Crippen LogP contribution in [0.4, 0.5) is 15.9 Å². The molecular weight excluding hydrogens is 413 g/mol. The Balaban J connectivity index is 1.29. The van der Waals surface area contributed by atoms with E-state index in [0.717, 1.165) is 37.7 Å². The minimum absolute atomic E-state index is 0.0702. The van der Waals surface area contributed by atoms with Gasteiger partial charge < -0.3 is 24.9 Å². The number of hydrogen-bond donors (Lipinski definition) is 1. The Labute approximate surface area is 185 Å². The zero-order valence-corrected chi connectivity index (χ0v) is 18.1. The smallest absolute Gasteiger partial charge is 0.229 e. The molecule has 32 heavy (non-hydrogen) atoms. The Hall–Kier alpha value is -3.69. The molecule has 0 aliphatic carbocycles. The number of hydrogen-bond acceptors (Lipinski definition) is 8. The van der Waals surface area contributed by atoms with Crippen LogP contribution < -0.4 is 15.5 Å². The highest BCUT2D eigenvalue weighted by atomic mass is 19.1. The summed E-state index contributed by atoms with van der Waals surface area (Å²) < 4.78 is 18.3. The SMILES string of the molecule is CC(C)c1nc(CO/N=C(\N)c2ccc(N3CCN(c4ccc(F)cc4)CC3)nc2)no1. The van der Waals surface area contributed by atoms with Crippen LogP contribution in [0, 0.1) is 5.82 Å². The average Bonchev–Trinajstić information content (AvgIpc) is 3.29. The van der Waals surface area contributed by atoms with Gasteiger partial charge in [0.2, 0.25) is 11.7 Å². The number of piperazine rings is 1. The van der Waals surface area contributed by atoms with Crippen LogP contribution in [-0.4, -0.2) is 47.1 Å². The van der Waals surface area contributed by atoms with Gasteiger partial charge in [0.05, 0.1) is 0 Å². The van der Waals surface area contributed by atoms with Gasteiger partial charge in [-0.3, -0.25) is 0 Å². The first-order chi connectivity index (χ1) is 15.5. The topological polar surface area (TPSA) is 106 Å². The molecule has 1 aromatic carbocycles. The first kappa shape index (κ1) is 21.5. The van der Waals surface area contributed by atoms with Gasteiger partial charge in [-0.05, 0) is 36.4 Å². The van der Waals surface area contributed by atoms with Crippen molar-refractivity contribution in [2.45, 2.75) is 26.4 Å². The highest BCUT2D eigenvalue weighted by Gasteiger charge is 2.18. The number of nitrogens with two attached hydrogens (primary N) is 1. The molecule has 4 rings (SSSR count). The van der Waals surface area contributed by atoms with Crippen molar-refractivity contribution in [3.05, 3.63) is 65.7 Å². The van der Waals surface area contributed by atoms with Crippen LogP contribution in [0.25, 0.3) is 0 Å². The van der Waals surface area contributed by atoms with Crippen molar-refractivity contribution in [2.75, 3.05) is 36.0 Å². The van der Waals surface area contributed by atoms with Gasteiger partial charge in [0, 0.05) is 49.5 Å². The second-order valence-electron chi connectivity index (χ2n) is 7.81. The lowest BCUT2D eigenvalue weighted by atomic mass is 10.2. The third kappa shape index (κ3) is 5.13. The number of aromatic nitrogens is 3. The molecule has 0 unspecified atom stereocenters. The Morgan fingerprint density at radius 3 is 2.47 bits per heavy atom. The molecule has 1 aliphatic rings. The zero-order chi connectivity index (χ0) is 22.5. The fourth-order valence-corrected chi connectivity index (χ4v) is 3.34. The first-order valence-electron chi connectivity index (χ1n) is 10.5. The molecular formula is C22H26FN7O2. The van der Waals surface area contributed by atoms with Crippen molar-refractivity contribution in [1.82, 2.24) is 15.1 Å². The summed E-state index contributed by atoms with van der Waals surface area (Å²) in [5.74, 6) is 1.99. The van der Waals surface area contributed by atoms with Gasteiger partial charge in [0.15, 0.2) is 12.4 Å². The summed E-state index contributed by atoms with van der Waals surface area (Å²) in [6.07, 6.45) is 1.68. The Bertz CT molecular complexity index is 1040. The quantitative estimate of drug-likeness (QED) is 0.340. The van der Waals surface area contributed by atoms with Crippen LogP contribution in [0.15, 0.2) is 52.3 Å². The first-order valence-corrected chi connectivity index (χ1v) is 10.5. The van der Waals surface area contributed by atoms with E-state index in [1.807, 2.05) is 38.1 Å². The number of rotatable bonds is 7. The molecule has 0 radical (unpaired) electrons. The third-order valence-corrected chi connectivity index (χ3v) is 5.17. The summed E-state index contributed by atoms with van der Waals surface area (Å²) in [6, 6.07) is 10.4. The minimum atomic E-state index is -0.222. The highest BCUT2D eigenvalue weighted by Crippen LogP contribution is 2.20. The van der Waals surface area contributed by atoms with Crippen LogP contribution in [0.3, 0.4) is 0 Å². The minimum Gasteiger partial charge on any atom is -0.386 e. The van der Waals surface area contributed by atoms with Crippen LogP contribution in [0.5, 0.6) is 0 Å². The van der Waals surface area contributed by atoms with Gasteiger partial charge in [-0.15, -0.1) is 0 Å². The molecule has 168 valence electrons. The number of oxime groups is 1. The van der Waals surface area contributed by atoms with E-state index >= 15 is 0 Å². The van der Waals surface area contributed by atoms with Crippen LogP contribution >= 0.6 is 0 Å². The Morgan fingerprint density at radius 2 is 1.84 bits per heavy atom. The number of anilines is 2. The van der Waals surface area contributed by atoms with Crippen molar-refractivity contribution >= 4 is 17.3 Å². The standard InChI is InChI=1S/C22H26FN7O2/c1-15(2)22-26-19(27-32-22)14-31-28-21(24)16-3-8-20(25-13-16)30-11-9-29(10-12-30)18-6-4-17(23)5-7-18/h3-8,13,15H,9-12,14H2,1-2H3,(H2,24,28). The lowest BCUT2D eigenvalue weighted by Gasteiger charge is -2.36. The number of nitrogens with zero attached hydrogens (tertiary/aromatic N) is 6. The Morgan fingerprint density at radius 1 is 1.12 bits per heavy atom. The fourth-order valence-electron chi connectivity index (χ4n) is 3.34. The predicted molar refractivity (Wildman–Crippen MR) is 119 cm³/mol. The zero-order valence-electron chi connectivity index (χ0n) is 18.1. The van der Waals surface area contributed by atoms with Gasteiger partial charge in [0.25, 0.3) is 0 Å². The van der Waals surface area contributed by atoms with Gasteiger partial charge in [-0.25, -0.2) is 9.37 Å². The van der Waals surface area contributed by atoms with E-state index in [1.54, 1.807) is 6.20 Å². The molecule has 0 amide bonds. The van der Waals surface area contributed by atoms with Gasteiger partial charge >= 0.3 is 0 Å². The summed E-state index contributed by atoms with van der Waals surface area (Å²) in [5.41, 5.74) is 7.70. The molecule has 3 aromatic rings. The number of halogens is 1. The van der Waals surface area contributed by atoms with Crippen LogP contribution in [0.2, 0.25) is 0 Å². The second-order valence-corrected chi connectivity index (χ2v) is 7.81. The van der Waals surface area contributed by atoms with E-state index in [1.165, 1.54) is 12.1 Å². The molecule has 0 saturated carbocycles. The van der Waals surface area contributed by atoms with Crippen molar-refractivity contribution in [1.29, 1.82) is 0 Å². The average molecular weight is 439 g/mol. The maximum atomic E-state index is 13.1. The van der Waals surface area contributed by atoms with E-state index in [9.17, 15) is 4.39 Å². The molecule has 1 saturated heterocycles. The molecule has 10 heteroatoms. The number of benzene rings is 1. The highest BCUT2D eigenvalue weighted by molar-refractivity contribution is 5.96. The predicted octanol–water partition coefficient (Wildman–Crippen LogP) is 2.89. The van der Waals surface area contributed by atoms with Crippen LogP contribution in [0.1, 0.15) is 37.0 Å². The molecule has 0 spiro atoms. The van der Waals surface area contributed by atoms with E-state index < -0.39 is 0 Å². The fraction of sp³-hybridized carbons (Fsp3) is 0.364. The van der Waals surface area contributed by atoms with Crippen molar-refractivity contribution in [3.63, 3.8) is 0 Å². The summed E-state index contributed by atoms with van der Waals surface area (Å²) >= 11 is 0. The Kier molecular flexibility index (Phi) is 6.48. The maximum Gasteiger partial charge on any atom is 0.229 e. The van der Waals surface area contributed by atoms with E-state index in [4.69, 9.17) is 15.1 Å². The molecule has 1 aliphatic heterocycles. The van der Waals surface area contributed by atoms with E-state index in [2.05, 4.69) is 30.1 Å². The summed E-state index contributed by atoms with van der Waals surface area (Å²) in [5, 5.41) is 7.76. The normalized spacial score (nSPS) is 14.8. The maximum absolute atomic E-state index is 13.1. The molecule has 0 bridgehead atoms. The molecule has 2 aromatic heterocycles. The number of pyridine rings is 1. The summed E-state index contributed by atoms with van der Waals surface area (Å²) in [4.78, 5) is 18.4. The number of amidine groups is 1. The lowest BCUT2D eigenvalue weighted by molar-refractivity contribution is 0.122.